The molecule has 0 aliphatic rings. The Balaban J connectivity index is 2.01. The van der Waals surface area contributed by atoms with Crippen LogP contribution in [0.15, 0.2) is 54.6 Å². The van der Waals surface area contributed by atoms with Crippen molar-refractivity contribution in [1.82, 2.24) is 10.6 Å². The van der Waals surface area contributed by atoms with Crippen molar-refractivity contribution in [3.63, 3.8) is 0 Å². The van der Waals surface area contributed by atoms with Gasteiger partial charge in [0.05, 0.1) is 12.5 Å². The zero-order valence-electron chi connectivity index (χ0n) is 12.9. The highest BCUT2D eigenvalue weighted by Crippen LogP contribution is 2.25. The number of halogens is 1. The maximum Gasteiger partial charge on any atom is 0.222 e. The summed E-state index contributed by atoms with van der Waals surface area (Å²) in [4.78, 5) is 23.6. The van der Waals surface area contributed by atoms with E-state index in [4.69, 9.17) is 11.6 Å². The van der Waals surface area contributed by atoms with Gasteiger partial charge in [0.1, 0.15) is 0 Å². The molecule has 23 heavy (non-hydrogen) atoms. The molecule has 2 amide bonds. The molecule has 0 spiro atoms. The zero-order valence-corrected chi connectivity index (χ0v) is 13.6. The predicted molar refractivity (Wildman–Crippen MR) is 90.9 cm³/mol. The van der Waals surface area contributed by atoms with Gasteiger partial charge in [-0.15, -0.1) is 0 Å². The Morgan fingerprint density at radius 2 is 1.70 bits per heavy atom. The quantitative estimate of drug-likeness (QED) is 0.854. The van der Waals surface area contributed by atoms with E-state index in [1.54, 1.807) is 6.07 Å². The number of nitrogens with one attached hydrogen (secondary N) is 2. The van der Waals surface area contributed by atoms with Crippen molar-refractivity contribution < 1.29 is 9.59 Å². The highest BCUT2D eigenvalue weighted by molar-refractivity contribution is 6.31. The molecule has 2 rings (SSSR count). The van der Waals surface area contributed by atoms with Gasteiger partial charge in [-0.3, -0.25) is 9.59 Å². The van der Waals surface area contributed by atoms with E-state index >= 15 is 0 Å². The topological polar surface area (TPSA) is 58.2 Å². The summed E-state index contributed by atoms with van der Waals surface area (Å²) in [6, 6.07) is 16.4. The largest absolute Gasteiger partial charge is 0.352 e. The van der Waals surface area contributed by atoms with Gasteiger partial charge < -0.3 is 10.6 Å². The monoisotopic (exact) mass is 330 g/mol. The molecule has 0 saturated carbocycles. The van der Waals surface area contributed by atoms with Crippen molar-refractivity contribution in [2.75, 3.05) is 0 Å². The lowest BCUT2D eigenvalue weighted by Gasteiger charge is -2.19. The second kappa shape index (κ2) is 8.34. The second-order valence-corrected chi connectivity index (χ2v) is 5.65. The van der Waals surface area contributed by atoms with Gasteiger partial charge in [-0.2, -0.15) is 0 Å². The average molecular weight is 331 g/mol. The third-order valence-electron chi connectivity index (χ3n) is 3.38. The normalized spacial score (nSPS) is 11.6. The molecule has 0 heterocycles. The lowest BCUT2D eigenvalue weighted by Crippen LogP contribution is -2.32. The molecular weight excluding hydrogens is 312 g/mol. The van der Waals surface area contributed by atoms with Gasteiger partial charge in [-0.05, 0) is 17.2 Å². The van der Waals surface area contributed by atoms with E-state index in [1.807, 2.05) is 48.5 Å². The Kier molecular flexibility index (Phi) is 6.18. The summed E-state index contributed by atoms with van der Waals surface area (Å²) < 4.78 is 0. The summed E-state index contributed by atoms with van der Waals surface area (Å²) in [6.07, 6.45) is 0.135. The summed E-state index contributed by atoms with van der Waals surface area (Å²) >= 11 is 6.18. The Hall–Kier alpha value is -2.33. The van der Waals surface area contributed by atoms with Crippen molar-refractivity contribution in [2.24, 2.45) is 0 Å². The number of hydrogen-bond donors (Lipinski definition) is 2. The van der Waals surface area contributed by atoms with E-state index in [-0.39, 0.29) is 18.2 Å². The fourth-order valence-corrected chi connectivity index (χ4v) is 2.56. The Bertz CT molecular complexity index is 674. The van der Waals surface area contributed by atoms with Gasteiger partial charge in [-0.25, -0.2) is 0 Å². The first-order chi connectivity index (χ1) is 11.1. The lowest BCUT2D eigenvalue weighted by atomic mass is 10.0. The van der Waals surface area contributed by atoms with E-state index in [0.29, 0.717) is 11.6 Å². The first-order valence-corrected chi connectivity index (χ1v) is 7.76. The maximum absolute atomic E-state index is 12.2. The molecule has 120 valence electrons. The van der Waals surface area contributed by atoms with Gasteiger partial charge in [0.25, 0.3) is 0 Å². The highest BCUT2D eigenvalue weighted by Gasteiger charge is 2.19. The number of carbonyl (C=O) groups is 2. The Morgan fingerprint density at radius 3 is 2.35 bits per heavy atom. The van der Waals surface area contributed by atoms with Crippen molar-refractivity contribution in [2.45, 2.75) is 25.9 Å². The summed E-state index contributed by atoms with van der Waals surface area (Å²) in [5.74, 6) is -0.349. The summed E-state index contributed by atoms with van der Waals surface area (Å²) in [5, 5.41) is 6.17. The van der Waals surface area contributed by atoms with Crippen LogP contribution in [-0.2, 0) is 16.1 Å². The molecule has 0 saturated heterocycles. The van der Waals surface area contributed by atoms with Gasteiger partial charge in [0.2, 0.25) is 11.8 Å². The van der Waals surface area contributed by atoms with Crippen molar-refractivity contribution in [1.29, 1.82) is 0 Å². The molecule has 5 heteroatoms. The SMILES string of the molecule is CC(=O)NC(CC(=O)NCc1ccccc1)c1ccccc1Cl. The van der Waals surface area contributed by atoms with Crippen LogP contribution in [0, 0.1) is 0 Å². The molecule has 1 unspecified atom stereocenters. The van der Waals surface area contributed by atoms with Crippen LogP contribution in [0.2, 0.25) is 5.02 Å². The van der Waals surface area contributed by atoms with Crippen molar-refractivity contribution in [3.8, 4) is 0 Å². The number of carbonyl (C=O) groups excluding carboxylic acids is 2. The van der Waals surface area contributed by atoms with Gasteiger partial charge in [0, 0.05) is 18.5 Å². The fourth-order valence-electron chi connectivity index (χ4n) is 2.30. The van der Waals surface area contributed by atoms with Crippen molar-refractivity contribution >= 4 is 23.4 Å². The highest BCUT2D eigenvalue weighted by atomic mass is 35.5. The Labute approximate surface area is 140 Å². The number of amides is 2. The molecule has 0 aliphatic carbocycles. The van der Waals surface area contributed by atoms with E-state index in [2.05, 4.69) is 10.6 Å². The molecule has 2 aromatic carbocycles. The van der Waals surface area contributed by atoms with Crippen LogP contribution < -0.4 is 10.6 Å². The van der Waals surface area contributed by atoms with Gasteiger partial charge in [0.15, 0.2) is 0 Å². The molecule has 0 aliphatic heterocycles. The lowest BCUT2D eigenvalue weighted by molar-refractivity contribution is -0.122. The van der Waals surface area contributed by atoms with E-state index < -0.39 is 6.04 Å². The van der Waals surface area contributed by atoms with E-state index in [9.17, 15) is 9.59 Å². The average Bonchev–Trinajstić information content (AvgIpc) is 2.53. The number of benzene rings is 2. The minimum absolute atomic E-state index is 0.135. The first-order valence-electron chi connectivity index (χ1n) is 7.38. The third-order valence-corrected chi connectivity index (χ3v) is 3.72. The molecule has 4 nitrogen and oxygen atoms in total. The Morgan fingerprint density at radius 1 is 1.04 bits per heavy atom. The number of rotatable bonds is 6. The number of hydrogen-bond acceptors (Lipinski definition) is 2. The van der Waals surface area contributed by atoms with Crippen LogP contribution in [0.5, 0.6) is 0 Å². The molecule has 0 fully saturated rings. The predicted octanol–water partition coefficient (Wildman–Crippen LogP) is 3.22. The van der Waals surface area contributed by atoms with Crippen LogP contribution in [0.1, 0.15) is 30.5 Å². The minimum Gasteiger partial charge on any atom is -0.352 e. The molecule has 0 aromatic heterocycles. The molecule has 1 atom stereocenters. The van der Waals surface area contributed by atoms with Crippen LogP contribution >= 0.6 is 11.6 Å². The van der Waals surface area contributed by atoms with Gasteiger partial charge >= 0.3 is 0 Å². The zero-order chi connectivity index (χ0) is 16.7. The standard InChI is InChI=1S/C18H19ClN2O2/c1-13(22)21-17(15-9-5-6-10-16(15)19)11-18(23)20-12-14-7-3-2-4-8-14/h2-10,17H,11-12H2,1H3,(H,20,23)(H,21,22). The third kappa shape index (κ3) is 5.42. The van der Waals surface area contributed by atoms with Crippen LogP contribution in [0.4, 0.5) is 0 Å². The molecule has 0 radical (unpaired) electrons. The summed E-state index contributed by atoms with van der Waals surface area (Å²) in [5.41, 5.74) is 1.76. The smallest absolute Gasteiger partial charge is 0.222 e. The summed E-state index contributed by atoms with van der Waals surface area (Å²) in [7, 11) is 0. The molecule has 2 aromatic rings. The van der Waals surface area contributed by atoms with Gasteiger partial charge in [-0.1, -0.05) is 60.1 Å². The molecular formula is C18H19ClN2O2. The van der Waals surface area contributed by atoms with Crippen LogP contribution in [-0.4, -0.2) is 11.8 Å². The summed E-state index contributed by atoms with van der Waals surface area (Å²) in [6.45, 7) is 1.88. The van der Waals surface area contributed by atoms with E-state index in [0.717, 1.165) is 11.1 Å². The maximum atomic E-state index is 12.2. The van der Waals surface area contributed by atoms with Crippen molar-refractivity contribution in [3.05, 3.63) is 70.7 Å². The van der Waals surface area contributed by atoms with Crippen LogP contribution in [0.3, 0.4) is 0 Å². The molecule has 2 N–H and O–H groups in total. The second-order valence-electron chi connectivity index (χ2n) is 5.24. The minimum atomic E-state index is -0.447. The first kappa shape index (κ1) is 17.0. The fraction of sp³-hybridized carbons (Fsp3) is 0.222. The van der Waals surface area contributed by atoms with Crippen LogP contribution in [0.25, 0.3) is 0 Å². The molecule has 0 bridgehead atoms. The van der Waals surface area contributed by atoms with E-state index in [1.165, 1.54) is 6.92 Å².